The number of carbonyl (C=O) groups excluding carboxylic acids is 1. The zero-order valence-electron chi connectivity index (χ0n) is 13.2. The quantitative estimate of drug-likeness (QED) is 0.809. The van der Waals surface area contributed by atoms with E-state index in [1.54, 1.807) is 18.6 Å². The van der Waals surface area contributed by atoms with Gasteiger partial charge in [0.1, 0.15) is 5.52 Å². The van der Waals surface area contributed by atoms with E-state index in [4.69, 9.17) is 4.74 Å². The van der Waals surface area contributed by atoms with Crippen molar-refractivity contribution in [3.63, 3.8) is 0 Å². The Morgan fingerprint density at radius 3 is 2.96 bits per heavy atom. The molecule has 120 valence electrons. The van der Waals surface area contributed by atoms with E-state index in [0.717, 1.165) is 49.2 Å². The molecule has 0 radical (unpaired) electrons. The van der Waals surface area contributed by atoms with Gasteiger partial charge in [0, 0.05) is 38.1 Å². The molecule has 4 rings (SSSR count). The van der Waals surface area contributed by atoms with Crippen LogP contribution in [-0.4, -0.2) is 41.1 Å². The predicted octanol–water partition coefficient (Wildman–Crippen LogP) is 2.19. The molecule has 1 aliphatic heterocycles. The second-order valence-electron chi connectivity index (χ2n) is 6.78. The smallest absolute Gasteiger partial charge is 0.305 e. The third-order valence-corrected chi connectivity index (χ3v) is 5.23. The Balaban J connectivity index is 1.48. The molecule has 1 saturated heterocycles. The number of aromatic nitrogens is 3. The fraction of sp³-hybridized carbons (Fsp3) is 0.529. The number of nitrogens with zero attached hydrogens (tertiary/aromatic N) is 4. The first-order chi connectivity index (χ1) is 11.2. The summed E-state index contributed by atoms with van der Waals surface area (Å²) in [5, 5.41) is 0. The molecule has 0 N–H and O–H groups in total. The van der Waals surface area contributed by atoms with Gasteiger partial charge in [-0.15, -0.1) is 0 Å². The number of hydrogen-bond donors (Lipinski definition) is 0. The summed E-state index contributed by atoms with van der Waals surface area (Å²) in [6, 6.07) is 1.90. The number of pyridine rings is 1. The van der Waals surface area contributed by atoms with Gasteiger partial charge in [0.05, 0.1) is 12.6 Å². The lowest BCUT2D eigenvalue weighted by molar-refractivity contribution is -0.143. The second kappa shape index (κ2) is 5.44. The lowest BCUT2D eigenvalue weighted by Gasteiger charge is -2.45. The summed E-state index contributed by atoms with van der Waals surface area (Å²) in [7, 11) is 1.46. The van der Waals surface area contributed by atoms with Crippen LogP contribution in [0.4, 0.5) is 5.82 Å². The van der Waals surface area contributed by atoms with E-state index < -0.39 is 0 Å². The van der Waals surface area contributed by atoms with E-state index in [1.165, 1.54) is 7.11 Å². The van der Waals surface area contributed by atoms with E-state index in [-0.39, 0.29) is 5.97 Å². The summed E-state index contributed by atoms with van der Waals surface area (Å²) in [6.07, 6.45) is 9.15. The minimum Gasteiger partial charge on any atom is -0.469 e. The maximum absolute atomic E-state index is 11.4. The minimum absolute atomic E-state index is 0.0919. The Morgan fingerprint density at radius 1 is 1.30 bits per heavy atom. The van der Waals surface area contributed by atoms with Crippen LogP contribution in [0.2, 0.25) is 0 Å². The van der Waals surface area contributed by atoms with Gasteiger partial charge in [-0.2, -0.15) is 0 Å². The highest BCUT2D eigenvalue weighted by atomic mass is 16.5. The molecule has 2 aliphatic rings. The summed E-state index contributed by atoms with van der Waals surface area (Å²) in [5.74, 6) is 1.32. The van der Waals surface area contributed by atoms with Crippen LogP contribution in [0.5, 0.6) is 0 Å². The van der Waals surface area contributed by atoms with Crippen LogP contribution >= 0.6 is 0 Å². The first-order valence-electron chi connectivity index (χ1n) is 8.07. The molecule has 0 unspecified atom stereocenters. The lowest BCUT2D eigenvalue weighted by atomic mass is 9.60. The third kappa shape index (κ3) is 2.52. The Labute approximate surface area is 134 Å². The van der Waals surface area contributed by atoms with Gasteiger partial charge in [0.2, 0.25) is 0 Å². The first-order valence-corrected chi connectivity index (χ1v) is 8.07. The van der Waals surface area contributed by atoms with Crippen molar-refractivity contribution in [3.8, 4) is 0 Å². The van der Waals surface area contributed by atoms with Crippen molar-refractivity contribution in [3.05, 3.63) is 24.7 Å². The number of rotatable bonds is 3. The molecular formula is C17H20N4O2. The van der Waals surface area contributed by atoms with Gasteiger partial charge >= 0.3 is 5.97 Å². The highest BCUT2D eigenvalue weighted by Gasteiger charge is 2.49. The van der Waals surface area contributed by atoms with Crippen LogP contribution in [0, 0.1) is 11.3 Å². The van der Waals surface area contributed by atoms with Crippen LogP contribution in [0.25, 0.3) is 11.0 Å². The number of anilines is 1. The SMILES string of the molecule is COC(=O)CC1CC2(CCN(c3nccc4nccnc34)C2)C1. The molecule has 0 atom stereocenters. The molecule has 2 fully saturated rings. The fourth-order valence-electron chi connectivity index (χ4n) is 4.19. The molecular weight excluding hydrogens is 292 g/mol. The van der Waals surface area contributed by atoms with Crippen LogP contribution < -0.4 is 4.90 Å². The third-order valence-electron chi connectivity index (χ3n) is 5.23. The van der Waals surface area contributed by atoms with Crippen molar-refractivity contribution >= 4 is 22.8 Å². The van der Waals surface area contributed by atoms with Crippen LogP contribution in [0.15, 0.2) is 24.7 Å². The summed E-state index contributed by atoms with van der Waals surface area (Å²) < 4.78 is 4.77. The van der Waals surface area contributed by atoms with E-state index >= 15 is 0 Å². The van der Waals surface area contributed by atoms with Gasteiger partial charge in [-0.25, -0.2) is 9.97 Å². The highest BCUT2D eigenvalue weighted by molar-refractivity contribution is 5.85. The Hall–Kier alpha value is -2.24. The summed E-state index contributed by atoms with van der Waals surface area (Å²) in [4.78, 5) is 27.1. The molecule has 0 amide bonds. The Kier molecular flexibility index (Phi) is 3.39. The largest absolute Gasteiger partial charge is 0.469 e. The minimum atomic E-state index is -0.0919. The second-order valence-corrected chi connectivity index (χ2v) is 6.78. The molecule has 23 heavy (non-hydrogen) atoms. The van der Waals surface area contributed by atoms with Crippen LogP contribution in [0.1, 0.15) is 25.7 Å². The van der Waals surface area contributed by atoms with E-state index in [9.17, 15) is 4.79 Å². The van der Waals surface area contributed by atoms with Gasteiger partial charge in [0.25, 0.3) is 0 Å². The van der Waals surface area contributed by atoms with Crippen molar-refractivity contribution in [2.75, 3.05) is 25.1 Å². The highest BCUT2D eigenvalue weighted by Crippen LogP contribution is 2.53. The molecule has 1 aliphatic carbocycles. The molecule has 2 aromatic heterocycles. The maximum atomic E-state index is 11.4. The molecule has 0 bridgehead atoms. The van der Waals surface area contributed by atoms with Gasteiger partial charge < -0.3 is 9.64 Å². The Bertz CT molecular complexity index is 737. The van der Waals surface area contributed by atoms with E-state index in [1.807, 2.05) is 6.07 Å². The Morgan fingerprint density at radius 2 is 2.13 bits per heavy atom. The van der Waals surface area contributed by atoms with Gasteiger partial charge in [-0.3, -0.25) is 9.78 Å². The lowest BCUT2D eigenvalue weighted by Crippen LogP contribution is -2.40. The summed E-state index contributed by atoms with van der Waals surface area (Å²) in [5.41, 5.74) is 2.10. The number of esters is 1. The van der Waals surface area contributed by atoms with Crippen LogP contribution in [0.3, 0.4) is 0 Å². The maximum Gasteiger partial charge on any atom is 0.305 e. The number of fused-ring (bicyclic) bond motifs is 1. The monoisotopic (exact) mass is 312 g/mol. The van der Waals surface area contributed by atoms with Crippen molar-refractivity contribution in [1.82, 2.24) is 15.0 Å². The number of hydrogen-bond acceptors (Lipinski definition) is 6. The average Bonchev–Trinajstić information content (AvgIpc) is 2.99. The topological polar surface area (TPSA) is 68.2 Å². The standard InChI is InChI=1S/C17H20N4O2/c1-23-14(22)8-12-9-17(10-12)3-7-21(11-17)16-15-13(2-4-20-16)18-5-6-19-15/h2,4-6,12H,3,7-11H2,1H3. The molecule has 6 heteroatoms. The average molecular weight is 312 g/mol. The molecule has 3 heterocycles. The number of ether oxygens (including phenoxy) is 1. The van der Waals surface area contributed by atoms with Crippen molar-refractivity contribution in [2.45, 2.75) is 25.7 Å². The summed E-state index contributed by atoms with van der Waals surface area (Å²) in [6.45, 7) is 1.99. The van der Waals surface area contributed by atoms with Gasteiger partial charge in [-0.1, -0.05) is 0 Å². The van der Waals surface area contributed by atoms with Crippen molar-refractivity contribution in [1.29, 1.82) is 0 Å². The molecule has 1 spiro atoms. The van der Waals surface area contributed by atoms with E-state index in [0.29, 0.717) is 17.8 Å². The number of carbonyl (C=O) groups is 1. The zero-order chi connectivity index (χ0) is 15.9. The molecule has 0 aromatic carbocycles. The number of methoxy groups -OCH3 is 1. The fourth-order valence-corrected chi connectivity index (χ4v) is 4.19. The summed E-state index contributed by atoms with van der Waals surface area (Å²) >= 11 is 0. The van der Waals surface area contributed by atoms with Crippen LogP contribution in [-0.2, 0) is 9.53 Å². The van der Waals surface area contributed by atoms with Gasteiger partial charge in [0.15, 0.2) is 5.82 Å². The van der Waals surface area contributed by atoms with Crippen molar-refractivity contribution < 1.29 is 9.53 Å². The van der Waals surface area contributed by atoms with Gasteiger partial charge in [-0.05, 0) is 36.7 Å². The van der Waals surface area contributed by atoms with E-state index in [2.05, 4.69) is 19.9 Å². The normalized spacial score (nSPS) is 26.5. The van der Waals surface area contributed by atoms with Crippen molar-refractivity contribution in [2.24, 2.45) is 11.3 Å². The zero-order valence-corrected chi connectivity index (χ0v) is 13.2. The first kappa shape index (κ1) is 14.4. The molecule has 2 aromatic rings. The predicted molar refractivity (Wildman–Crippen MR) is 86.0 cm³/mol. The molecule has 1 saturated carbocycles. The molecule has 6 nitrogen and oxygen atoms in total.